The number of carbonyl (C=O) groups is 1. The third-order valence-electron chi connectivity index (χ3n) is 3.51. The van der Waals surface area contributed by atoms with Gasteiger partial charge < -0.3 is 4.90 Å². The molecule has 1 unspecified atom stereocenters. The molecule has 1 aromatic rings. The zero-order chi connectivity index (χ0) is 15.5. The second kappa shape index (κ2) is 7.21. The van der Waals surface area contributed by atoms with Crippen LogP contribution in [-0.4, -0.2) is 44.6 Å². The molecule has 2 heterocycles. The molecule has 2 rings (SSSR count). The molecule has 1 fully saturated rings. The molecule has 1 amide bonds. The van der Waals surface area contributed by atoms with E-state index in [0.717, 1.165) is 40.7 Å². The second-order valence-electron chi connectivity index (χ2n) is 5.21. The van der Waals surface area contributed by atoms with Gasteiger partial charge in [0.15, 0.2) is 0 Å². The molecule has 118 valence electrons. The summed E-state index contributed by atoms with van der Waals surface area (Å²) in [6, 6.07) is 3.82. The van der Waals surface area contributed by atoms with Crippen LogP contribution in [0.4, 0.5) is 0 Å². The molecule has 1 N–H and O–H groups in total. The van der Waals surface area contributed by atoms with Gasteiger partial charge in [0.2, 0.25) is 10.0 Å². The fourth-order valence-corrected chi connectivity index (χ4v) is 4.38. The first-order chi connectivity index (χ1) is 9.87. The van der Waals surface area contributed by atoms with E-state index >= 15 is 0 Å². The standard InChI is InChI=1S/C13H19BrN2O3S2/c1-21(18,19)15-8-7-10-4-2-3-9-16(10)13(17)11-5-6-12(14)20-11/h5-6,10,15H,2-4,7-9H2,1H3. The Morgan fingerprint density at radius 1 is 1.48 bits per heavy atom. The van der Waals surface area contributed by atoms with E-state index in [1.165, 1.54) is 11.3 Å². The number of thiophene rings is 1. The van der Waals surface area contributed by atoms with Gasteiger partial charge in [-0.05, 0) is 53.7 Å². The minimum absolute atomic E-state index is 0.0507. The third kappa shape index (κ3) is 5.05. The van der Waals surface area contributed by atoms with Gasteiger partial charge >= 0.3 is 0 Å². The number of hydrogen-bond acceptors (Lipinski definition) is 4. The van der Waals surface area contributed by atoms with E-state index in [9.17, 15) is 13.2 Å². The maximum Gasteiger partial charge on any atom is 0.264 e. The Labute approximate surface area is 137 Å². The van der Waals surface area contributed by atoms with Crippen molar-refractivity contribution in [3.63, 3.8) is 0 Å². The third-order valence-corrected chi connectivity index (χ3v) is 5.85. The number of nitrogens with zero attached hydrogens (tertiary/aromatic N) is 1. The van der Waals surface area contributed by atoms with Crippen molar-refractivity contribution in [1.29, 1.82) is 0 Å². The molecule has 0 aliphatic carbocycles. The lowest BCUT2D eigenvalue weighted by Gasteiger charge is -2.35. The summed E-state index contributed by atoms with van der Waals surface area (Å²) >= 11 is 4.81. The molecule has 1 aliphatic heterocycles. The highest BCUT2D eigenvalue weighted by Gasteiger charge is 2.28. The van der Waals surface area contributed by atoms with Crippen LogP contribution in [0, 0.1) is 0 Å². The summed E-state index contributed by atoms with van der Waals surface area (Å²) in [5, 5.41) is 0. The molecule has 0 bridgehead atoms. The van der Waals surface area contributed by atoms with Crippen LogP contribution in [0.15, 0.2) is 15.9 Å². The molecule has 0 radical (unpaired) electrons. The molecule has 0 saturated carbocycles. The minimum atomic E-state index is -3.17. The maximum atomic E-state index is 12.6. The highest BCUT2D eigenvalue weighted by molar-refractivity contribution is 9.11. The van der Waals surface area contributed by atoms with E-state index in [0.29, 0.717) is 13.0 Å². The summed E-state index contributed by atoms with van der Waals surface area (Å²) in [5.41, 5.74) is 0. The van der Waals surface area contributed by atoms with E-state index < -0.39 is 10.0 Å². The molecule has 1 saturated heterocycles. The van der Waals surface area contributed by atoms with Gasteiger partial charge in [-0.1, -0.05) is 0 Å². The SMILES string of the molecule is CS(=O)(=O)NCCC1CCCCN1C(=O)c1ccc(Br)s1. The van der Waals surface area contributed by atoms with Gasteiger partial charge in [-0.3, -0.25) is 4.79 Å². The summed E-state index contributed by atoms with van der Waals surface area (Å²) in [4.78, 5) is 15.2. The Kier molecular flexibility index (Phi) is 5.81. The van der Waals surface area contributed by atoms with Crippen molar-refractivity contribution in [2.75, 3.05) is 19.3 Å². The van der Waals surface area contributed by atoms with Crippen LogP contribution >= 0.6 is 27.3 Å². The average molecular weight is 395 g/mol. The van der Waals surface area contributed by atoms with Crippen molar-refractivity contribution in [3.8, 4) is 0 Å². The first-order valence-corrected chi connectivity index (χ1v) is 10.4. The summed E-state index contributed by atoms with van der Waals surface area (Å²) in [6.07, 6.45) is 4.84. The lowest BCUT2D eigenvalue weighted by molar-refractivity contribution is 0.0609. The quantitative estimate of drug-likeness (QED) is 0.833. The van der Waals surface area contributed by atoms with Gasteiger partial charge in [0.1, 0.15) is 0 Å². The van der Waals surface area contributed by atoms with E-state index in [4.69, 9.17) is 0 Å². The van der Waals surface area contributed by atoms with Crippen LogP contribution in [0.3, 0.4) is 0 Å². The Morgan fingerprint density at radius 2 is 2.24 bits per heavy atom. The number of halogens is 1. The van der Waals surface area contributed by atoms with Crippen molar-refractivity contribution >= 4 is 43.2 Å². The van der Waals surface area contributed by atoms with Crippen molar-refractivity contribution in [1.82, 2.24) is 9.62 Å². The number of sulfonamides is 1. The van der Waals surface area contributed by atoms with Gasteiger partial charge in [-0.2, -0.15) is 0 Å². The summed E-state index contributed by atoms with van der Waals surface area (Å²) < 4.78 is 25.7. The van der Waals surface area contributed by atoms with Gasteiger partial charge in [0.05, 0.1) is 14.9 Å². The van der Waals surface area contributed by atoms with Gasteiger partial charge in [-0.25, -0.2) is 13.1 Å². The molecule has 0 aromatic carbocycles. The number of carbonyl (C=O) groups excluding carboxylic acids is 1. The predicted octanol–water partition coefficient (Wildman–Crippen LogP) is 2.44. The lowest BCUT2D eigenvalue weighted by atomic mass is 9.99. The van der Waals surface area contributed by atoms with E-state index in [1.54, 1.807) is 0 Å². The van der Waals surface area contributed by atoms with Crippen molar-refractivity contribution in [2.45, 2.75) is 31.7 Å². The van der Waals surface area contributed by atoms with E-state index in [2.05, 4.69) is 20.7 Å². The van der Waals surface area contributed by atoms with Crippen molar-refractivity contribution < 1.29 is 13.2 Å². The average Bonchev–Trinajstić information content (AvgIpc) is 2.84. The Balaban J connectivity index is 1.99. The minimum Gasteiger partial charge on any atom is -0.335 e. The predicted molar refractivity (Wildman–Crippen MR) is 88.2 cm³/mol. The van der Waals surface area contributed by atoms with Crippen LogP contribution in [0.2, 0.25) is 0 Å². The highest BCUT2D eigenvalue weighted by Crippen LogP contribution is 2.27. The molecule has 1 aliphatic rings. The zero-order valence-electron chi connectivity index (χ0n) is 11.8. The first-order valence-electron chi connectivity index (χ1n) is 6.88. The fraction of sp³-hybridized carbons (Fsp3) is 0.615. The highest BCUT2D eigenvalue weighted by atomic mass is 79.9. The number of nitrogens with one attached hydrogen (secondary N) is 1. The zero-order valence-corrected chi connectivity index (χ0v) is 15.1. The number of amides is 1. The second-order valence-corrected chi connectivity index (χ2v) is 9.50. The molecule has 1 aromatic heterocycles. The summed E-state index contributed by atoms with van der Waals surface area (Å²) in [6.45, 7) is 1.12. The number of piperidine rings is 1. The molecule has 8 heteroatoms. The molecule has 5 nitrogen and oxygen atoms in total. The van der Waals surface area contributed by atoms with Crippen LogP contribution in [-0.2, 0) is 10.0 Å². The molecular weight excluding hydrogens is 376 g/mol. The monoisotopic (exact) mass is 394 g/mol. The molecule has 1 atom stereocenters. The Hall–Kier alpha value is -0.440. The first kappa shape index (κ1) is 16.9. The van der Waals surface area contributed by atoms with Crippen LogP contribution < -0.4 is 4.72 Å². The van der Waals surface area contributed by atoms with Gasteiger partial charge in [0, 0.05) is 19.1 Å². The normalized spacial score (nSPS) is 19.7. The Bertz CT molecular complexity index is 600. The van der Waals surface area contributed by atoms with Gasteiger partial charge in [-0.15, -0.1) is 11.3 Å². The number of rotatable bonds is 5. The lowest BCUT2D eigenvalue weighted by Crippen LogP contribution is -2.45. The molecule has 0 spiro atoms. The molecular formula is C13H19BrN2O3S2. The Morgan fingerprint density at radius 3 is 2.86 bits per heavy atom. The number of likely N-dealkylation sites (tertiary alicyclic amines) is 1. The molecule has 21 heavy (non-hydrogen) atoms. The van der Waals surface area contributed by atoms with E-state index in [-0.39, 0.29) is 11.9 Å². The van der Waals surface area contributed by atoms with Crippen LogP contribution in [0.25, 0.3) is 0 Å². The van der Waals surface area contributed by atoms with Crippen molar-refractivity contribution in [3.05, 3.63) is 20.8 Å². The number of hydrogen-bond donors (Lipinski definition) is 1. The van der Waals surface area contributed by atoms with Crippen LogP contribution in [0.5, 0.6) is 0 Å². The summed E-state index contributed by atoms with van der Waals surface area (Å²) in [7, 11) is -3.17. The van der Waals surface area contributed by atoms with E-state index in [1.807, 2.05) is 17.0 Å². The summed E-state index contributed by atoms with van der Waals surface area (Å²) in [5.74, 6) is 0.0507. The van der Waals surface area contributed by atoms with Crippen molar-refractivity contribution in [2.24, 2.45) is 0 Å². The fourth-order valence-electron chi connectivity index (χ4n) is 2.55. The smallest absolute Gasteiger partial charge is 0.264 e. The van der Waals surface area contributed by atoms with Gasteiger partial charge in [0.25, 0.3) is 5.91 Å². The largest absolute Gasteiger partial charge is 0.335 e. The topological polar surface area (TPSA) is 66.5 Å². The van der Waals surface area contributed by atoms with Crippen LogP contribution in [0.1, 0.15) is 35.4 Å². The maximum absolute atomic E-state index is 12.6.